The highest BCUT2D eigenvalue weighted by Crippen LogP contribution is 2.14. The van der Waals surface area contributed by atoms with Crippen LogP contribution < -0.4 is 16.2 Å². The summed E-state index contributed by atoms with van der Waals surface area (Å²) < 4.78 is 0. The van der Waals surface area contributed by atoms with Gasteiger partial charge >= 0.3 is 0 Å². The van der Waals surface area contributed by atoms with Gasteiger partial charge in [0.25, 0.3) is 0 Å². The molecule has 0 saturated carbocycles. The summed E-state index contributed by atoms with van der Waals surface area (Å²) in [5.41, 5.74) is 3.88. The van der Waals surface area contributed by atoms with E-state index in [9.17, 15) is 0 Å². The highest BCUT2D eigenvalue weighted by Gasteiger charge is 2.06. The average molecular weight is 257 g/mol. The molecule has 1 aromatic carbocycles. The zero-order valence-corrected chi connectivity index (χ0v) is 11.3. The number of aromatic nitrogens is 2. The lowest BCUT2D eigenvalue weighted by molar-refractivity contribution is 0.849. The standard InChI is InChI=1S/C14H19N5/c1-11-16-13(18-15)10-14(17-11)19(2)9-8-12-6-4-3-5-7-12/h3-7,10H,8-9,15H2,1-2H3,(H,16,17,18). The highest BCUT2D eigenvalue weighted by molar-refractivity contribution is 5.48. The van der Waals surface area contributed by atoms with Gasteiger partial charge in [-0.15, -0.1) is 0 Å². The Morgan fingerprint density at radius 2 is 1.95 bits per heavy atom. The zero-order chi connectivity index (χ0) is 13.7. The van der Waals surface area contributed by atoms with Gasteiger partial charge in [-0.3, -0.25) is 0 Å². The number of anilines is 2. The van der Waals surface area contributed by atoms with Crippen LogP contribution in [0.3, 0.4) is 0 Å². The summed E-state index contributed by atoms with van der Waals surface area (Å²) in [6.07, 6.45) is 0.978. The Kier molecular flexibility index (Phi) is 4.30. The third kappa shape index (κ3) is 3.66. The Morgan fingerprint density at radius 3 is 2.63 bits per heavy atom. The monoisotopic (exact) mass is 257 g/mol. The number of nitrogen functional groups attached to an aromatic ring is 1. The van der Waals surface area contributed by atoms with Crippen LogP contribution in [0.5, 0.6) is 0 Å². The van der Waals surface area contributed by atoms with Crippen molar-refractivity contribution in [2.24, 2.45) is 5.84 Å². The first kappa shape index (κ1) is 13.3. The number of likely N-dealkylation sites (N-methyl/N-ethyl adjacent to an activating group) is 1. The van der Waals surface area contributed by atoms with Gasteiger partial charge in [-0.25, -0.2) is 15.8 Å². The molecule has 1 heterocycles. The van der Waals surface area contributed by atoms with Crippen molar-refractivity contribution in [2.45, 2.75) is 13.3 Å². The molecule has 0 aliphatic heterocycles. The van der Waals surface area contributed by atoms with Gasteiger partial charge in [-0.2, -0.15) is 0 Å². The molecular weight excluding hydrogens is 238 g/mol. The fourth-order valence-electron chi connectivity index (χ4n) is 1.88. The third-order valence-corrected chi connectivity index (χ3v) is 2.94. The van der Waals surface area contributed by atoms with Gasteiger partial charge < -0.3 is 10.3 Å². The van der Waals surface area contributed by atoms with E-state index in [4.69, 9.17) is 5.84 Å². The van der Waals surface area contributed by atoms with Crippen LogP contribution in [-0.2, 0) is 6.42 Å². The van der Waals surface area contributed by atoms with Crippen LogP contribution in [0.25, 0.3) is 0 Å². The molecule has 0 bridgehead atoms. The number of hydrogen-bond acceptors (Lipinski definition) is 5. The van der Waals surface area contributed by atoms with Crippen molar-refractivity contribution in [1.82, 2.24) is 9.97 Å². The lowest BCUT2D eigenvalue weighted by Crippen LogP contribution is -2.22. The molecular formula is C14H19N5. The van der Waals surface area contributed by atoms with Gasteiger partial charge in [0.2, 0.25) is 0 Å². The molecule has 0 spiro atoms. The molecule has 0 radical (unpaired) electrons. The number of benzene rings is 1. The molecule has 2 rings (SSSR count). The Morgan fingerprint density at radius 1 is 1.21 bits per heavy atom. The molecule has 0 aliphatic rings. The molecule has 3 N–H and O–H groups in total. The second-order valence-electron chi connectivity index (χ2n) is 4.46. The predicted octanol–water partition coefficient (Wildman–Crippen LogP) is 1.75. The maximum absolute atomic E-state index is 5.39. The molecule has 0 amide bonds. The first-order chi connectivity index (χ1) is 9.19. The number of hydrazine groups is 1. The number of rotatable bonds is 5. The lowest BCUT2D eigenvalue weighted by Gasteiger charge is -2.19. The minimum Gasteiger partial charge on any atom is -0.359 e. The van der Waals surface area contributed by atoms with Crippen LogP contribution in [0, 0.1) is 6.92 Å². The Hall–Kier alpha value is -2.14. The molecule has 1 aromatic heterocycles. The number of nitrogens with two attached hydrogens (primary N) is 1. The number of hydrogen-bond donors (Lipinski definition) is 2. The molecule has 0 fully saturated rings. The van der Waals surface area contributed by atoms with E-state index in [2.05, 4.69) is 44.6 Å². The third-order valence-electron chi connectivity index (χ3n) is 2.94. The van der Waals surface area contributed by atoms with Gasteiger partial charge in [0.15, 0.2) is 0 Å². The highest BCUT2D eigenvalue weighted by atomic mass is 15.3. The summed E-state index contributed by atoms with van der Waals surface area (Å²) in [5, 5.41) is 0. The minimum atomic E-state index is 0.633. The smallest absolute Gasteiger partial charge is 0.145 e. The lowest BCUT2D eigenvalue weighted by atomic mass is 10.1. The molecule has 0 aliphatic carbocycles. The molecule has 5 nitrogen and oxygen atoms in total. The Bertz CT molecular complexity index is 527. The summed E-state index contributed by atoms with van der Waals surface area (Å²) in [6, 6.07) is 12.2. The largest absolute Gasteiger partial charge is 0.359 e. The van der Waals surface area contributed by atoms with Crippen LogP contribution in [0.15, 0.2) is 36.4 Å². The molecule has 5 heteroatoms. The molecule has 0 unspecified atom stereocenters. The normalized spacial score (nSPS) is 10.3. The van der Waals surface area contributed by atoms with Crippen molar-refractivity contribution in [3.8, 4) is 0 Å². The van der Waals surface area contributed by atoms with E-state index >= 15 is 0 Å². The number of aryl methyl sites for hydroxylation is 1. The SMILES string of the molecule is Cc1nc(NN)cc(N(C)CCc2ccccc2)n1. The molecule has 100 valence electrons. The number of nitrogens with one attached hydrogen (secondary N) is 1. The fraction of sp³-hybridized carbons (Fsp3) is 0.286. The van der Waals surface area contributed by atoms with Gasteiger partial charge in [0, 0.05) is 19.7 Å². The van der Waals surface area contributed by atoms with Gasteiger partial charge in [0.05, 0.1) is 0 Å². The van der Waals surface area contributed by atoms with E-state index in [0.29, 0.717) is 11.6 Å². The first-order valence-electron chi connectivity index (χ1n) is 6.26. The van der Waals surface area contributed by atoms with Crippen LogP contribution in [-0.4, -0.2) is 23.6 Å². The van der Waals surface area contributed by atoms with Crippen molar-refractivity contribution in [3.63, 3.8) is 0 Å². The van der Waals surface area contributed by atoms with Crippen molar-refractivity contribution >= 4 is 11.6 Å². The van der Waals surface area contributed by atoms with E-state index in [1.54, 1.807) is 0 Å². The van der Waals surface area contributed by atoms with Crippen LogP contribution in [0.1, 0.15) is 11.4 Å². The Labute approximate surface area is 113 Å². The molecule has 19 heavy (non-hydrogen) atoms. The summed E-state index contributed by atoms with van der Waals surface area (Å²) in [6.45, 7) is 2.75. The van der Waals surface area contributed by atoms with Gasteiger partial charge in [-0.05, 0) is 18.9 Å². The minimum absolute atomic E-state index is 0.633. The summed E-state index contributed by atoms with van der Waals surface area (Å²) in [7, 11) is 2.02. The van der Waals surface area contributed by atoms with Gasteiger partial charge in [-0.1, -0.05) is 30.3 Å². The van der Waals surface area contributed by atoms with Crippen LogP contribution in [0.2, 0.25) is 0 Å². The fourth-order valence-corrected chi connectivity index (χ4v) is 1.88. The summed E-state index contributed by atoms with van der Waals surface area (Å²) in [5.74, 6) is 7.60. The molecule has 0 atom stereocenters. The number of nitrogens with zero attached hydrogens (tertiary/aromatic N) is 3. The van der Waals surface area contributed by atoms with E-state index in [1.807, 2.05) is 26.1 Å². The molecule has 0 saturated heterocycles. The van der Waals surface area contributed by atoms with E-state index < -0.39 is 0 Å². The maximum atomic E-state index is 5.39. The Balaban J connectivity index is 2.03. The zero-order valence-electron chi connectivity index (χ0n) is 11.3. The topological polar surface area (TPSA) is 67.1 Å². The second kappa shape index (κ2) is 6.15. The quantitative estimate of drug-likeness (QED) is 0.631. The van der Waals surface area contributed by atoms with E-state index in [-0.39, 0.29) is 0 Å². The van der Waals surface area contributed by atoms with Gasteiger partial charge in [0.1, 0.15) is 17.5 Å². The van der Waals surface area contributed by atoms with Crippen molar-refractivity contribution in [3.05, 3.63) is 47.8 Å². The van der Waals surface area contributed by atoms with Crippen molar-refractivity contribution in [1.29, 1.82) is 0 Å². The maximum Gasteiger partial charge on any atom is 0.145 e. The summed E-state index contributed by atoms with van der Waals surface area (Å²) in [4.78, 5) is 10.7. The van der Waals surface area contributed by atoms with E-state index in [0.717, 1.165) is 18.8 Å². The van der Waals surface area contributed by atoms with Crippen LogP contribution >= 0.6 is 0 Å². The first-order valence-corrected chi connectivity index (χ1v) is 6.26. The van der Waals surface area contributed by atoms with Crippen molar-refractivity contribution in [2.75, 3.05) is 23.9 Å². The van der Waals surface area contributed by atoms with E-state index in [1.165, 1.54) is 5.56 Å². The average Bonchev–Trinajstić information content (AvgIpc) is 2.45. The predicted molar refractivity (Wildman–Crippen MR) is 78.0 cm³/mol. The molecule has 2 aromatic rings. The van der Waals surface area contributed by atoms with Crippen molar-refractivity contribution < 1.29 is 0 Å². The van der Waals surface area contributed by atoms with Crippen LogP contribution in [0.4, 0.5) is 11.6 Å². The second-order valence-corrected chi connectivity index (χ2v) is 4.46. The summed E-state index contributed by atoms with van der Waals surface area (Å²) >= 11 is 0.